The molecule has 1 amide bonds. The Kier molecular flexibility index (Phi) is 7.67. The van der Waals surface area contributed by atoms with E-state index in [1.54, 1.807) is 12.1 Å². The summed E-state index contributed by atoms with van der Waals surface area (Å²) in [7, 11) is 0. The van der Waals surface area contributed by atoms with Crippen LogP contribution in [0.3, 0.4) is 0 Å². The number of benzene rings is 3. The minimum absolute atomic E-state index is 0.0224. The van der Waals surface area contributed by atoms with Gasteiger partial charge in [0, 0.05) is 15.7 Å². The molecule has 31 heavy (non-hydrogen) atoms. The summed E-state index contributed by atoms with van der Waals surface area (Å²) in [6.07, 6.45) is 1.53. The highest BCUT2D eigenvalue weighted by Crippen LogP contribution is 2.35. The van der Waals surface area contributed by atoms with Crippen molar-refractivity contribution in [1.29, 1.82) is 5.26 Å². The van der Waals surface area contributed by atoms with Crippen molar-refractivity contribution in [1.82, 2.24) is 0 Å². The molecule has 0 fully saturated rings. The molecule has 0 radical (unpaired) electrons. The van der Waals surface area contributed by atoms with E-state index in [-0.39, 0.29) is 5.57 Å². The van der Waals surface area contributed by atoms with Crippen LogP contribution < -0.4 is 10.1 Å². The second kappa shape index (κ2) is 10.4. The predicted octanol–water partition coefficient (Wildman–Crippen LogP) is 6.95. The molecule has 4 nitrogen and oxygen atoms in total. The zero-order valence-corrected chi connectivity index (χ0v) is 20.2. The van der Waals surface area contributed by atoms with Gasteiger partial charge in [0.2, 0.25) is 0 Å². The number of anilines is 1. The maximum atomic E-state index is 12.7. The standard InChI is InChI=1S/C25H20Br2N2O2/c1-16-3-7-18(8-4-16)15-31-24-19(12-21(26)13-23(24)27)11-20(14-28)25(30)29-22-9-5-17(2)6-10-22/h3-13H,15H2,1-2H3,(H,29,30)/b20-11+. The lowest BCUT2D eigenvalue weighted by Crippen LogP contribution is -2.13. The summed E-state index contributed by atoms with van der Waals surface area (Å²) in [6.45, 7) is 4.36. The lowest BCUT2D eigenvalue weighted by Gasteiger charge is -2.13. The topological polar surface area (TPSA) is 62.1 Å². The number of nitriles is 1. The maximum absolute atomic E-state index is 12.7. The first-order chi connectivity index (χ1) is 14.9. The number of nitrogens with zero attached hydrogens (tertiary/aromatic N) is 1. The van der Waals surface area contributed by atoms with E-state index in [2.05, 4.69) is 37.2 Å². The van der Waals surface area contributed by atoms with Gasteiger partial charge in [0.1, 0.15) is 24.0 Å². The van der Waals surface area contributed by atoms with Crippen molar-refractivity contribution in [2.45, 2.75) is 20.5 Å². The average molecular weight is 540 g/mol. The molecule has 0 saturated heterocycles. The van der Waals surface area contributed by atoms with E-state index >= 15 is 0 Å². The highest BCUT2D eigenvalue weighted by molar-refractivity contribution is 9.11. The van der Waals surface area contributed by atoms with Gasteiger partial charge in [-0.2, -0.15) is 5.26 Å². The summed E-state index contributed by atoms with van der Waals surface area (Å²) in [4.78, 5) is 12.7. The Morgan fingerprint density at radius 2 is 1.65 bits per heavy atom. The predicted molar refractivity (Wildman–Crippen MR) is 131 cm³/mol. The van der Waals surface area contributed by atoms with Gasteiger partial charge in [-0.3, -0.25) is 4.79 Å². The fourth-order valence-electron chi connectivity index (χ4n) is 2.82. The number of amides is 1. The number of halogens is 2. The first kappa shape index (κ1) is 22.8. The van der Waals surface area contributed by atoms with Crippen LogP contribution in [0.2, 0.25) is 0 Å². The van der Waals surface area contributed by atoms with Crippen LogP contribution in [0.15, 0.2) is 75.2 Å². The van der Waals surface area contributed by atoms with Crippen molar-refractivity contribution in [2.24, 2.45) is 0 Å². The Balaban J connectivity index is 1.87. The number of ether oxygens (including phenoxy) is 1. The number of nitrogens with one attached hydrogen (secondary N) is 1. The molecule has 3 aromatic rings. The van der Waals surface area contributed by atoms with Gasteiger partial charge in [-0.15, -0.1) is 0 Å². The first-order valence-corrected chi connectivity index (χ1v) is 11.1. The molecule has 0 saturated carbocycles. The molecule has 0 aliphatic heterocycles. The summed E-state index contributed by atoms with van der Waals surface area (Å²) < 4.78 is 7.57. The number of hydrogen-bond donors (Lipinski definition) is 1. The van der Waals surface area contributed by atoms with E-state index in [9.17, 15) is 10.1 Å². The number of hydrogen-bond acceptors (Lipinski definition) is 3. The molecule has 0 bridgehead atoms. The van der Waals surface area contributed by atoms with Crippen LogP contribution in [0.5, 0.6) is 5.75 Å². The summed E-state index contributed by atoms with van der Waals surface area (Å²) in [5, 5.41) is 12.4. The summed E-state index contributed by atoms with van der Waals surface area (Å²) in [5.74, 6) is 0.0756. The van der Waals surface area contributed by atoms with Crippen LogP contribution in [0.25, 0.3) is 6.08 Å². The monoisotopic (exact) mass is 538 g/mol. The maximum Gasteiger partial charge on any atom is 0.266 e. The largest absolute Gasteiger partial charge is 0.487 e. The second-order valence-electron chi connectivity index (χ2n) is 7.07. The van der Waals surface area contributed by atoms with Gasteiger partial charge in [0.15, 0.2) is 0 Å². The molecule has 1 N–H and O–H groups in total. The lowest BCUT2D eigenvalue weighted by atomic mass is 10.1. The third-order valence-electron chi connectivity index (χ3n) is 4.52. The van der Waals surface area contributed by atoms with Gasteiger partial charge in [-0.05, 0) is 65.7 Å². The number of aryl methyl sites for hydroxylation is 2. The molecule has 0 aliphatic rings. The van der Waals surface area contributed by atoms with Gasteiger partial charge in [0.05, 0.1) is 4.47 Å². The summed E-state index contributed by atoms with van der Waals surface area (Å²) in [6, 6.07) is 21.1. The molecule has 3 rings (SSSR count). The van der Waals surface area contributed by atoms with Crippen molar-refractivity contribution >= 4 is 49.5 Å². The summed E-state index contributed by atoms with van der Waals surface area (Å²) in [5.41, 5.74) is 4.50. The van der Waals surface area contributed by atoms with Crippen LogP contribution in [-0.4, -0.2) is 5.91 Å². The van der Waals surface area contributed by atoms with Gasteiger partial charge in [-0.1, -0.05) is 63.5 Å². The second-order valence-corrected chi connectivity index (χ2v) is 8.84. The molecule has 0 unspecified atom stereocenters. The van der Waals surface area contributed by atoms with Crippen molar-refractivity contribution < 1.29 is 9.53 Å². The SMILES string of the molecule is Cc1ccc(COc2c(Br)cc(Br)cc2/C=C(\C#N)C(=O)Nc2ccc(C)cc2)cc1. The fraction of sp³-hybridized carbons (Fsp3) is 0.120. The highest BCUT2D eigenvalue weighted by atomic mass is 79.9. The third-order valence-corrected chi connectivity index (χ3v) is 5.56. The number of rotatable bonds is 6. The number of carbonyl (C=O) groups is 1. The average Bonchev–Trinajstić information content (AvgIpc) is 2.74. The minimum Gasteiger partial charge on any atom is -0.487 e. The van der Waals surface area contributed by atoms with Crippen LogP contribution in [-0.2, 0) is 11.4 Å². The van der Waals surface area contributed by atoms with Crippen molar-refractivity contribution in [2.75, 3.05) is 5.32 Å². The van der Waals surface area contributed by atoms with Crippen molar-refractivity contribution in [3.05, 3.63) is 97.4 Å². The van der Waals surface area contributed by atoms with Gasteiger partial charge < -0.3 is 10.1 Å². The van der Waals surface area contributed by atoms with Crippen LogP contribution in [0.1, 0.15) is 22.3 Å². The quantitative estimate of drug-likeness (QED) is 0.272. The summed E-state index contributed by atoms with van der Waals surface area (Å²) >= 11 is 6.99. The Bertz CT molecular complexity index is 1160. The smallest absolute Gasteiger partial charge is 0.266 e. The Morgan fingerprint density at radius 3 is 2.26 bits per heavy atom. The van der Waals surface area contributed by atoms with Crippen LogP contribution in [0, 0.1) is 25.2 Å². The molecule has 0 aromatic heterocycles. The molecular weight excluding hydrogens is 520 g/mol. The highest BCUT2D eigenvalue weighted by Gasteiger charge is 2.14. The molecule has 0 heterocycles. The van der Waals surface area contributed by atoms with Crippen LogP contribution >= 0.6 is 31.9 Å². The molecular formula is C25H20Br2N2O2. The Hall–Kier alpha value is -2.88. The molecule has 0 aliphatic carbocycles. The Morgan fingerprint density at radius 1 is 1.03 bits per heavy atom. The van der Waals surface area contributed by atoms with Gasteiger partial charge in [-0.25, -0.2) is 0 Å². The van der Waals surface area contributed by atoms with Crippen molar-refractivity contribution in [3.8, 4) is 11.8 Å². The minimum atomic E-state index is -0.480. The first-order valence-electron chi connectivity index (χ1n) is 9.53. The van der Waals surface area contributed by atoms with Gasteiger partial charge in [0.25, 0.3) is 5.91 Å². The van der Waals surface area contributed by atoms with Crippen molar-refractivity contribution in [3.63, 3.8) is 0 Å². The van der Waals surface area contributed by atoms with E-state index in [0.717, 1.165) is 20.1 Å². The number of carbonyl (C=O) groups excluding carboxylic acids is 1. The molecule has 156 valence electrons. The normalized spacial score (nSPS) is 11.0. The van der Waals surface area contributed by atoms with E-state index in [4.69, 9.17) is 4.74 Å². The van der Waals surface area contributed by atoms with E-state index in [1.165, 1.54) is 11.6 Å². The zero-order valence-electron chi connectivity index (χ0n) is 17.1. The fourth-order valence-corrected chi connectivity index (χ4v) is 4.19. The van der Waals surface area contributed by atoms with Gasteiger partial charge >= 0.3 is 0 Å². The van der Waals surface area contributed by atoms with E-state index in [1.807, 2.05) is 68.4 Å². The lowest BCUT2D eigenvalue weighted by molar-refractivity contribution is -0.112. The van der Waals surface area contributed by atoms with Crippen LogP contribution in [0.4, 0.5) is 5.69 Å². The van der Waals surface area contributed by atoms with E-state index in [0.29, 0.717) is 23.6 Å². The molecule has 3 aromatic carbocycles. The third kappa shape index (κ3) is 6.30. The Labute approximate surface area is 198 Å². The molecule has 6 heteroatoms. The van der Waals surface area contributed by atoms with E-state index < -0.39 is 5.91 Å². The molecule has 0 atom stereocenters. The zero-order chi connectivity index (χ0) is 22.4. The molecule has 0 spiro atoms.